The van der Waals surface area contributed by atoms with E-state index in [-0.39, 0.29) is 11.5 Å². The SMILES string of the molecule is O=C(COc1cccnc1[N+](=O)[O-])N(c1ccccc1)[C@H]1C=CS(=O)(=O)C1. The van der Waals surface area contributed by atoms with Gasteiger partial charge in [-0.25, -0.2) is 8.42 Å². The summed E-state index contributed by atoms with van der Waals surface area (Å²) in [6.07, 6.45) is 2.68. The maximum Gasteiger partial charge on any atom is 0.406 e. The Hall–Kier alpha value is -3.27. The van der Waals surface area contributed by atoms with E-state index in [1.807, 2.05) is 0 Å². The van der Waals surface area contributed by atoms with Gasteiger partial charge in [0.1, 0.15) is 6.20 Å². The standard InChI is InChI=1S/C17H15N3O6S/c21-16(11-26-15-7-4-9-18-17(15)20(22)23)19(13-5-2-1-3-6-13)14-8-10-27(24,25)12-14/h1-10,14H,11-12H2/t14-/m0/s1. The molecule has 1 aliphatic heterocycles. The number of rotatable bonds is 6. The van der Waals surface area contributed by atoms with Gasteiger partial charge in [0.25, 0.3) is 5.91 Å². The first-order chi connectivity index (χ1) is 12.9. The Morgan fingerprint density at radius 2 is 2.00 bits per heavy atom. The van der Waals surface area contributed by atoms with Gasteiger partial charge in [-0.2, -0.15) is 0 Å². The third-order valence-corrected chi connectivity index (χ3v) is 5.20. The van der Waals surface area contributed by atoms with E-state index in [2.05, 4.69) is 4.98 Å². The second kappa shape index (κ2) is 7.54. The summed E-state index contributed by atoms with van der Waals surface area (Å²) in [4.78, 5) is 28.0. The molecule has 1 amide bonds. The zero-order chi connectivity index (χ0) is 19.4. The number of aromatic nitrogens is 1. The zero-order valence-corrected chi connectivity index (χ0v) is 14.8. The van der Waals surface area contributed by atoms with Crippen molar-refractivity contribution in [1.82, 2.24) is 4.98 Å². The monoisotopic (exact) mass is 389 g/mol. The highest BCUT2D eigenvalue weighted by atomic mass is 32.2. The number of nitro groups is 1. The van der Waals surface area contributed by atoms with Gasteiger partial charge in [0.05, 0.1) is 11.8 Å². The Morgan fingerprint density at radius 1 is 1.26 bits per heavy atom. The molecule has 27 heavy (non-hydrogen) atoms. The summed E-state index contributed by atoms with van der Waals surface area (Å²) in [5, 5.41) is 12.1. The maximum atomic E-state index is 12.8. The molecule has 0 fully saturated rings. The lowest BCUT2D eigenvalue weighted by Crippen LogP contribution is -2.43. The van der Waals surface area contributed by atoms with Gasteiger partial charge in [0, 0.05) is 11.1 Å². The molecule has 9 nitrogen and oxygen atoms in total. The van der Waals surface area contributed by atoms with Gasteiger partial charge >= 0.3 is 5.82 Å². The van der Waals surface area contributed by atoms with Crippen molar-refractivity contribution in [3.8, 4) is 5.75 Å². The molecule has 1 aromatic heterocycles. The van der Waals surface area contributed by atoms with Crippen LogP contribution in [-0.2, 0) is 14.6 Å². The summed E-state index contributed by atoms with van der Waals surface area (Å²) in [6.45, 7) is -0.508. The molecule has 0 saturated heterocycles. The first-order valence-electron chi connectivity index (χ1n) is 7.88. The van der Waals surface area contributed by atoms with Gasteiger partial charge in [-0.05, 0) is 40.2 Å². The van der Waals surface area contributed by atoms with Crippen LogP contribution >= 0.6 is 0 Å². The number of sulfone groups is 1. The van der Waals surface area contributed by atoms with Crippen LogP contribution in [0.1, 0.15) is 0 Å². The van der Waals surface area contributed by atoms with Gasteiger partial charge in [-0.3, -0.25) is 4.79 Å². The van der Waals surface area contributed by atoms with E-state index in [1.165, 1.54) is 29.3 Å². The van der Waals surface area contributed by atoms with Crippen molar-refractivity contribution < 1.29 is 22.9 Å². The minimum atomic E-state index is -3.38. The molecule has 140 valence electrons. The molecular weight excluding hydrogens is 374 g/mol. The van der Waals surface area contributed by atoms with Crippen LogP contribution in [0.15, 0.2) is 60.1 Å². The largest absolute Gasteiger partial charge is 0.476 e. The molecule has 0 radical (unpaired) electrons. The fourth-order valence-electron chi connectivity index (χ4n) is 2.67. The number of pyridine rings is 1. The number of carbonyl (C=O) groups is 1. The van der Waals surface area contributed by atoms with Crippen molar-refractivity contribution in [1.29, 1.82) is 0 Å². The van der Waals surface area contributed by atoms with Crippen LogP contribution in [0, 0.1) is 10.1 Å². The number of carbonyl (C=O) groups excluding carboxylic acids is 1. The van der Waals surface area contributed by atoms with Crippen LogP contribution in [0.2, 0.25) is 0 Å². The third-order valence-electron chi connectivity index (χ3n) is 3.82. The van der Waals surface area contributed by atoms with Crippen LogP contribution in [-0.4, -0.2) is 42.6 Å². The molecule has 0 aliphatic carbocycles. The number of benzene rings is 1. The molecule has 1 aliphatic rings. The highest BCUT2D eigenvalue weighted by molar-refractivity contribution is 7.94. The van der Waals surface area contributed by atoms with Crippen molar-refractivity contribution >= 4 is 27.2 Å². The molecule has 2 aromatic rings. The lowest BCUT2D eigenvalue weighted by Gasteiger charge is -2.27. The Morgan fingerprint density at radius 3 is 2.63 bits per heavy atom. The molecule has 0 unspecified atom stereocenters. The van der Waals surface area contributed by atoms with E-state index in [1.54, 1.807) is 30.3 Å². The Bertz CT molecular complexity index is 991. The summed E-state index contributed by atoms with van der Waals surface area (Å²) in [5.74, 6) is -1.41. The molecule has 3 rings (SSSR count). The molecule has 1 atom stereocenters. The highest BCUT2D eigenvalue weighted by Gasteiger charge is 2.32. The minimum absolute atomic E-state index is 0.140. The predicted molar refractivity (Wildman–Crippen MR) is 97.0 cm³/mol. The summed E-state index contributed by atoms with van der Waals surface area (Å²) in [6, 6.07) is 10.7. The van der Waals surface area contributed by atoms with Crippen molar-refractivity contribution in [2.45, 2.75) is 6.04 Å². The first kappa shape index (κ1) is 18.5. The summed E-state index contributed by atoms with van der Waals surface area (Å²) in [7, 11) is -3.38. The van der Waals surface area contributed by atoms with E-state index in [0.29, 0.717) is 5.69 Å². The normalized spacial score (nSPS) is 17.4. The van der Waals surface area contributed by atoms with Gasteiger partial charge in [-0.15, -0.1) is 0 Å². The molecule has 1 aromatic carbocycles. The summed E-state index contributed by atoms with van der Waals surface area (Å²) >= 11 is 0. The fraction of sp³-hybridized carbons (Fsp3) is 0.176. The second-order valence-electron chi connectivity index (χ2n) is 5.70. The number of para-hydroxylation sites is 1. The first-order valence-corrected chi connectivity index (χ1v) is 9.59. The number of hydrogen-bond acceptors (Lipinski definition) is 7. The minimum Gasteiger partial charge on any atom is -0.476 e. The molecule has 10 heteroatoms. The molecule has 0 bridgehead atoms. The van der Waals surface area contributed by atoms with Crippen molar-refractivity contribution in [3.63, 3.8) is 0 Å². The number of nitrogens with zero attached hydrogens (tertiary/aromatic N) is 3. The molecule has 0 spiro atoms. The van der Waals surface area contributed by atoms with E-state index in [0.717, 1.165) is 5.41 Å². The zero-order valence-electron chi connectivity index (χ0n) is 14.0. The number of anilines is 1. The molecule has 2 heterocycles. The van der Waals surface area contributed by atoms with Crippen LogP contribution < -0.4 is 9.64 Å². The number of amides is 1. The van der Waals surface area contributed by atoms with Gasteiger partial charge < -0.3 is 19.8 Å². The quantitative estimate of drug-likeness (QED) is 0.545. The average molecular weight is 389 g/mol. The smallest absolute Gasteiger partial charge is 0.406 e. The van der Waals surface area contributed by atoms with Gasteiger partial charge in [0.15, 0.2) is 16.4 Å². The van der Waals surface area contributed by atoms with E-state index in [4.69, 9.17) is 4.74 Å². The predicted octanol–water partition coefficient (Wildman–Crippen LogP) is 1.71. The molecular formula is C17H15N3O6S. The van der Waals surface area contributed by atoms with Gasteiger partial charge in [0.2, 0.25) is 5.75 Å². The van der Waals surface area contributed by atoms with Crippen molar-refractivity contribution in [2.24, 2.45) is 0 Å². The highest BCUT2D eigenvalue weighted by Crippen LogP contribution is 2.25. The van der Waals surface area contributed by atoms with Crippen molar-refractivity contribution in [2.75, 3.05) is 17.3 Å². The summed E-state index contributed by atoms with van der Waals surface area (Å²) < 4.78 is 28.8. The van der Waals surface area contributed by atoms with E-state index < -0.39 is 39.1 Å². The van der Waals surface area contributed by atoms with Crippen LogP contribution in [0.3, 0.4) is 0 Å². The van der Waals surface area contributed by atoms with Crippen LogP contribution in [0.25, 0.3) is 0 Å². The Labute approximate surface area is 155 Å². The van der Waals surface area contributed by atoms with E-state index >= 15 is 0 Å². The lowest BCUT2D eigenvalue weighted by molar-refractivity contribution is -0.390. The Balaban J connectivity index is 1.82. The van der Waals surface area contributed by atoms with E-state index in [9.17, 15) is 23.3 Å². The van der Waals surface area contributed by atoms with Crippen molar-refractivity contribution in [3.05, 3.63) is 70.3 Å². The topological polar surface area (TPSA) is 120 Å². The second-order valence-corrected chi connectivity index (χ2v) is 7.63. The molecule has 0 saturated carbocycles. The molecule has 0 N–H and O–H groups in total. The number of hydrogen-bond donors (Lipinski definition) is 0. The summed E-state index contributed by atoms with van der Waals surface area (Å²) in [5.41, 5.74) is 0.499. The van der Waals surface area contributed by atoms with Crippen LogP contribution in [0.4, 0.5) is 11.5 Å². The third kappa shape index (κ3) is 4.29. The number of ether oxygens (including phenoxy) is 1. The lowest BCUT2D eigenvalue weighted by atomic mass is 10.2. The fourth-order valence-corrected chi connectivity index (χ4v) is 3.94. The average Bonchev–Trinajstić information content (AvgIpc) is 3.00. The maximum absolute atomic E-state index is 12.8. The Kier molecular flexibility index (Phi) is 5.17. The van der Waals surface area contributed by atoms with Gasteiger partial charge in [-0.1, -0.05) is 18.2 Å². The van der Waals surface area contributed by atoms with Crippen LogP contribution in [0.5, 0.6) is 5.75 Å².